The maximum Gasteiger partial charge on any atom is 0.311 e. The highest BCUT2D eigenvalue weighted by Crippen LogP contribution is 2.39. The highest BCUT2D eigenvalue weighted by molar-refractivity contribution is 5.99. The summed E-state index contributed by atoms with van der Waals surface area (Å²) in [6.07, 6.45) is 1.15. The molecular weight excluding hydrogens is 280 g/mol. The van der Waals surface area contributed by atoms with Crippen molar-refractivity contribution < 1.29 is 19.1 Å². The lowest BCUT2D eigenvalue weighted by atomic mass is 9.71. The molecule has 0 fully saturated rings. The van der Waals surface area contributed by atoms with Crippen molar-refractivity contribution in [3.05, 3.63) is 29.3 Å². The number of Topliss-reactive ketones (excluding diaryl/α,β-unsaturated/α-hetero) is 1. The minimum absolute atomic E-state index is 0.136. The standard InChI is InChI=1S/C18H24O4/c1-17(2,3)16(20)22-11-18(4)9-8-15(19)13-7-6-12(21-5)10-14(13)18/h6-7,10H,8-9,11H2,1-5H3/t18-/m1/s1. The Morgan fingerprint density at radius 1 is 1.32 bits per heavy atom. The molecule has 1 aromatic carbocycles. The highest BCUT2D eigenvalue weighted by Gasteiger charge is 2.38. The summed E-state index contributed by atoms with van der Waals surface area (Å²) in [5.74, 6) is 0.620. The molecule has 0 spiro atoms. The van der Waals surface area contributed by atoms with E-state index in [1.165, 1.54) is 0 Å². The Morgan fingerprint density at radius 2 is 2.00 bits per heavy atom. The Hall–Kier alpha value is -1.84. The van der Waals surface area contributed by atoms with E-state index < -0.39 is 5.41 Å². The van der Waals surface area contributed by atoms with Crippen LogP contribution in [0.2, 0.25) is 0 Å². The zero-order valence-corrected chi connectivity index (χ0v) is 14.0. The largest absolute Gasteiger partial charge is 0.497 e. The van der Waals surface area contributed by atoms with Gasteiger partial charge in [0, 0.05) is 17.4 Å². The van der Waals surface area contributed by atoms with Crippen molar-refractivity contribution in [3.63, 3.8) is 0 Å². The van der Waals surface area contributed by atoms with E-state index >= 15 is 0 Å². The first-order valence-corrected chi connectivity index (χ1v) is 7.56. The average Bonchev–Trinajstić information content (AvgIpc) is 2.47. The van der Waals surface area contributed by atoms with E-state index in [2.05, 4.69) is 0 Å². The molecule has 1 aromatic rings. The maximum absolute atomic E-state index is 12.1. The van der Waals surface area contributed by atoms with Gasteiger partial charge in [0.25, 0.3) is 0 Å². The van der Waals surface area contributed by atoms with Gasteiger partial charge in [0.15, 0.2) is 5.78 Å². The van der Waals surface area contributed by atoms with E-state index in [4.69, 9.17) is 9.47 Å². The first kappa shape index (κ1) is 16.5. The fourth-order valence-corrected chi connectivity index (χ4v) is 2.64. The number of methoxy groups -OCH3 is 1. The number of carbonyl (C=O) groups excluding carboxylic acids is 2. The van der Waals surface area contributed by atoms with Gasteiger partial charge in [0.1, 0.15) is 12.4 Å². The van der Waals surface area contributed by atoms with Crippen LogP contribution in [0.15, 0.2) is 18.2 Å². The molecule has 1 atom stereocenters. The van der Waals surface area contributed by atoms with Crippen LogP contribution in [0.25, 0.3) is 0 Å². The molecule has 1 aliphatic rings. The molecule has 0 aromatic heterocycles. The zero-order valence-electron chi connectivity index (χ0n) is 14.0. The molecule has 22 heavy (non-hydrogen) atoms. The van der Waals surface area contributed by atoms with Crippen LogP contribution in [-0.2, 0) is 14.9 Å². The van der Waals surface area contributed by atoms with Crippen molar-refractivity contribution in [3.8, 4) is 5.75 Å². The monoisotopic (exact) mass is 304 g/mol. The van der Waals surface area contributed by atoms with E-state index in [0.29, 0.717) is 24.2 Å². The smallest absolute Gasteiger partial charge is 0.311 e. The fourth-order valence-electron chi connectivity index (χ4n) is 2.64. The van der Waals surface area contributed by atoms with Gasteiger partial charge in [-0.2, -0.15) is 0 Å². The first-order chi connectivity index (χ1) is 10.2. The van der Waals surface area contributed by atoms with E-state index in [1.54, 1.807) is 19.2 Å². The van der Waals surface area contributed by atoms with Crippen LogP contribution in [0, 0.1) is 5.41 Å². The molecule has 0 radical (unpaired) electrons. The number of benzene rings is 1. The van der Waals surface area contributed by atoms with Gasteiger partial charge in [0.05, 0.1) is 12.5 Å². The number of rotatable bonds is 3. The summed E-state index contributed by atoms with van der Waals surface area (Å²) in [5, 5.41) is 0. The highest BCUT2D eigenvalue weighted by atomic mass is 16.5. The number of fused-ring (bicyclic) bond motifs is 1. The van der Waals surface area contributed by atoms with Gasteiger partial charge in [-0.1, -0.05) is 6.92 Å². The van der Waals surface area contributed by atoms with Gasteiger partial charge < -0.3 is 9.47 Å². The quantitative estimate of drug-likeness (QED) is 0.802. The Morgan fingerprint density at radius 3 is 2.59 bits per heavy atom. The second-order valence-electron chi connectivity index (χ2n) is 7.22. The molecule has 0 N–H and O–H groups in total. The third-order valence-electron chi connectivity index (χ3n) is 4.22. The van der Waals surface area contributed by atoms with Gasteiger partial charge in [-0.05, 0) is 51.0 Å². The molecule has 0 heterocycles. The molecule has 0 saturated heterocycles. The van der Waals surface area contributed by atoms with Gasteiger partial charge in [-0.3, -0.25) is 9.59 Å². The summed E-state index contributed by atoms with van der Waals surface area (Å²) in [6, 6.07) is 5.49. The lowest BCUT2D eigenvalue weighted by Gasteiger charge is -2.35. The number of carbonyl (C=O) groups is 2. The van der Waals surface area contributed by atoms with Crippen LogP contribution >= 0.6 is 0 Å². The Kier molecular flexibility index (Phi) is 4.32. The molecule has 0 bridgehead atoms. The fraction of sp³-hybridized carbons (Fsp3) is 0.556. The van der Waals surface area contributed by atoms with E-state index in [0.717, 1.165) is 5.56 Å². The predicted octanol–water partition coefficient (Wildman–Crippen LogP) is 3.52. The van der Waals surface area contributed by atoms with Gasteiger partial charge in [0.2, 0.25) is 0 Å². The Labute approximate surface area is 131 Å². The third-order valence-corrected chi connectivity index (χ3v) is 4.22. The minimum atomic E-state index is -0.530. The number of esters is 1. The Bertz CT molecular complexity index is 598. The summed E-state index contributed by atoms with van der Waals surface area (Å²) in [5.41, 5.74) is 0.725. The third kappa shape index (κ3) is 3.16. The van der Waals surface area contributed by atoms with Crippen LogP contribution in [0.1, 0.15) is 56.5 Å². The van der Waals surface area contributed by atoms with E-state index in [-0.39, 0.29) is 23.8 Å². The molecule has 4 nitrogen and oxygen atoms in total. The summed E-state index contributed by atoms with van der Waals surface area (Å²) in [6.45, 7) is 7.81. The predicted molar refractivity (Wildman–Crippen MR) is 84.3 cm³/mol. The van der Waals surface area contributed by atoms with Gasteiger partial charge in [-0.25, -0.2) is 0 Å². The second-order valence-corrected chi connectivity index (χ2v) is 7.22. The number of ether oxygens (including phenoxy) is 2. The van der Waals surface area contributed by atoms with E-state index in [9.17, 15) is 9.59 Å². The van der Waals surface area contributed by atoms with Crippen molar-refractivity contribution in [2.24, 2.45) is 5.41 Å². The number of ketones is 1. The van der Waals surface area contributed by atoms with Crippen molar-refractivity contribution in [1.29, 1.82) is 0 Å². The molecule has 0 saturated carbocycles. The number of hydrogen-bond donors (Lipinski definition) is 0. The van der Waals surface area contributed by atoms with Gasteiger partial charge in [-0.15, -0.1) is 0 Å². The SMILES string of the molecule is COc1ccc2c(c1)[C@@](C)(COC(=O)C(C)(C)C)CCC2=O. The van der Waals surface area contributed by atoms with Crippen LogP contribution in [0.3, 0.4) is 0 Å². The summed E-state index contributed by atoms with van der Waals surface area (Å²) in [7, 11) is 1.60. The van der Waals surface area contributed by atoms with E-state index in [1.807, 2.05) is 33.8 Å². The molecule has 0 aliphatic heterocycles. The summed E-state index contributed by atoms with van der Waals surface area (Å²) in [4.78, 5) is 24.2. The topological polar surface area (TPSA) is 52.6 Å². The Balaban J connectivity index is 2.30. The molecule has 0 unspecified atom stereocenters. The van der Waals surface area contributed by atoms with Crippen molar-refractivity contribution in [2.75, 3.05) is 13.7 Å². The van der Waals surface area contributed by atoms with Crippen LogP contribution in [0.4, 0.5) is 0 Å². The molecule has 4 heteroatoms. The average molecular weight is 304 g/mol. The molecule has 1 aliphatic carbocycles. The first-order valence-electron chi connectivity index (χ1n) is 7.56. The summed E-state index contributed by atoms with van der Waals surface area (Å²) < 4.78 is 10.8. The van der Waals surface area contributed by atoms with Crippen LogP contribution < -0.4 is 4.74 Å². The number of hydrogen-bond acceptors (Lipinski definition) is 4. The van der Waals surface area contributed by atoms with Crippen LogP contribution in [-0.4, -0.2) is 25.5 Å². The summed E-state index contributed by atoms with van der Waals surface area (Å²) >= 11 is 0. The van der Waals surface area contributed by atoms with Crippen molar-refractivity contribution in [1.82, 2.24) is 0 Å². The molecule has 0 amide bonds. The second kappa shape index (κ2) is 5.75. The normalized spacial score (nSPS) is 21.2. The van der Waals surface area contributed by atoms with Crippen molar-refractivity contribution in [2.45, 2.75) is 46.0 Å². The van der Waals surface area contributed by atoms with Crippen LogP contribution in [0.5, 0.6) is 5.75 Å². The lowest BCUT2D eigenvalue weighted by molar-refractivity contribution is -0.154. The maximum atomic E-state index is 12.1. The van der Waals surface area contributed by atoms with Crippen molar-refractivity contribution >= 4 is 11.8 Å². The minimum Gasteiger partial charge on any atom is -0.497 e. The van der Waals surface area contributed by atoms with Gasteiger partial charge >= 0.3 is 5.97 Å². The molecule has 2 rings (SSSR count). The lowest BCUT2D eigenvalue weighted by Crippen LogP contribution is -2.37. The molecular formula is C18H24O4. The zero-order chi connectivity index (χ0) is 16.5. The molecule has 120 valence electrons.